The standard InChI is InChI=1S/C17H19BrClNO/c1-12(20)2-3-13-4-8-16(9-5-13)21-11-14-6-7-15(18)10-17(14)19/h4-10,12H,2-3,11,20H2,1H3. The van der Waals surface area contributed by atoms with Crippen LogP contribution < -0.4 is 10.5 Å². The van der Waals surface area contributed by atoms with Gasteiger partial charge in [-0.3, -0.25) is 0 Å². The Bertz CT molecular complexity index is 584. The zero-order chi connectivity index (χ0) is 15.2. The second-order valence-corrected chi connectivity index (χ2v) is 6.51. The van der Waals surface area contributed by atoms with Crippen molar-refractivity contribution in [3.05, 3.63) is 63.1 Å². The van der Waals surface area contributed by atoms with Gasteiger partial charge in [0.05, 0.1) is 0 Å². The van der Waals surface area contributed by atoms with Crippen LogP contribution in [0.3, 0.4) is 0 Å². The molecule has 0 fully saturated rings. The van der Waals surface area contributed by atoms with Crippen molar-refractivity contribution in [2.45, 2.75) is 32.4 Å². The summed E-state index contributed by atoms with van der Waals surface area (Å²) in [6.07, 6.45) is 1.99. The Labute approximate surface area is 139 Å². The number of nitrogens with two attached hydrogens (primary N) is 1. The molecule has 2 rings (SSSR count). The van der Waals surface area contributed by atoms with E-state index < -0.39 is 0 Å². The molecule has 0 radical (unpaired) electrons. The van der Waals surface area contributed by atoms with E-state index >= 15 is 0 Å². The molecule has 2 aromatic rings. The smallest absolute Gasteiger partial charge is 0.119 e. The number of hydrogen-bond donors (Lipinski definition) is 1. The van der Waals surface area contributed by atoms with Crippen molar-refractivity contribution in [2.24, 2.45) is 5.73 Å². The highest BCUT2D eigenvalue weighted by atomic mass is 79.9. The second kappa shape index (κ2) is 7.83. The number of halogens is 2. The van der Waals surface area contributed by atoms with Crippen LogP contribution in [0.2, 0.25) is 5.02 Å². The molecule has 4 heteroatoms. The van der Waals surface area contributed by atoms with Crippen molar-refractivity contribution in [1.82, 2.24) is 0 Å². The molecule has 0 amide bonds. The van der Waals surface area contributed by atoms with Gasteiger partial charge in [0, 0.05) is 21.1 Å². The maximum absolute atomic E-state index is 6.17. The third-order valence-corrected chi connectivity index (χ3v) is 4.07. The van der Waals surface area contributed by atoms with Crippen molar-refractivity contribution in [2.75, 3.05) is 0 Å². The van der Waals surface area contributed by atoms with Crippen LogP contribution in [-0.4, -0.2) is 6.04 Å². The second-order valence-electron chi connectivity index (χ2n) is 5.18. The predicted molar refractivity (Wildman–Crippen MR) is 91.9 cm³/mol. The number of hydrogen-bond acceptors (Lipinski definition) is 2. The highest BCUT2D eigenvalue weighted by Crippen LogP contribution is 2.23. The molecule has 0 spiro atoms. The number of rotatable bonds is 6. The van der Waals surface area contributed by atoms with Crippen LogP contribution in [0.25, 0.3) is 0 Å². The molecule has 0 aliphatic carbocycles. The van der Waals surface area contributed by atoms with Gasteiger partial charge in [-0.1, -0.05) is 45.7 Å². The lowest BCUT2D eigenvalue weighted by Crippen LogP contribution is -2.15. The first-order valence-electron chi connectivity index (χ1n) is 6.96. The molecule has 0 aliphatic heterocycles. The van der Waals surface area contributed by atoms with Crippen molar-refractivity contribution in [1.29, 1.82) is 0 Å². The van der Waals surface area contributed by atoms with E-state index in [-0.39, 0.29) is 6.04 Å². The zero-order valence-electron chi connectivity index (χ0n) is 12.0. The van der Waals surface area contributed by atoms with Crippen LogP contribution in [0.5, 0.6) is 5.75 Å². The van der Waals surface area contributed by atoms with E-state index in [0.717, 1.165) is 28.6 Å². The van der Waals surface area contributed by atoms with Gasteiger partial charge in [-0.2, -0.15) is 0 Å². The Hall–Kier alpha value is -1.03. The monoisotopic (exact) mass is 367 g/mol. The molecular weight excluding hydrogens is 350 g/mol. The average molecular weight is 369 g/mol. The normalized spacial score (nSPS) is 12.2. The van der Waals surface area contributed by atoms with Gasteiger partial charge in [-0.05, 0) is 49.6 Å². The van der Waals surface area contributed by atoms with Crippen LogP contribution in [-0.2, 0) is 13.0 Å². The molecule has 1 atom stereocenters. The molecule has 0 aromatic heterocycles. The van der Waals surface area contributed by atoms with Crippen LogP contribution in [0.1, 0.15) is 24.5 Å². The number of ether oxygens (including phenoxy) is 1. The zero-order valence-corrected chi connectivity index (χ0v) is 14.3. The van der Waals surface area contributed by atoms with E-state index in [4.69, 9.17) is 22.1 Å². The molecule has 0 saturated heterocycles. The van der Waals surface area contributed by atoms with E-state index in [9.17, 15) is 0 Å². The summed E-state index contributed by atoms with van der Waals surface area (Å²) < 4.78 is 6.74. The summed E-state index contributed by atoms with van der Waals surface area (Å²) in [7, 11) is 0. The van der Waals surface area contributed by atoms with E-state index in [1.54, 1.807) is 0 Å². The Morgan fingerprint density at radius 1 is 1.19 bits per heavy atom. The Balaban J connectivity index is 1.91. The first kappa shape index (κ1) is 16.3. The van der Waals surface area contributed by atoms with Crippen molar-refractivity contribution in [3.8, 4) is 5.75 Å². The molecule has 2 N–H and O–H groups in total. The van der Waals surface area contributed by atoms with Gasteiger partial charge in [0.2, 0.25) is 0 Å². The van der Waals surface area contributed by atoms with Crippen molar-refractivity contribution in [3.63, 3.8) is 0 Å². The summed E-state index contributed by atoms with van der Waals surface area (Å²) >= 11 is 9.56. The summed E-state index contributed by atoms with van der Waals surface area (Å²) in [6.45, 7) is 2.49. The van der Waals surface area contributed by atoms with Crippen LogP contribution >= 0.6 is 27.5 Å². The highest BCUT2D eigenvalue weighted by molar-refractivity contribution is 9.10. The summed E-state index contributed by atoms with van der Waals surface area (Å²) in [5, 5.41) is 0.706. The van der Waals surface area contributed by atoms with Gasteiger partial charge >= 0.3 is 0 Å². The lowest BCUT2D eigenvalue weighted by molar-refractivity contribution is 0.306. The topological polar surface area (TPSA) is 35.2 Å². The quantitative estimate of drug-likeness (QED) is 0.782. The summed E-state index contributed by atoms with van der Waals surface area (Å²) in [5.74, 6) is 0.846. The van der Waals surface area contributed by atoms with Gasteiger partial charge in [0.15, 0.2) is 0 Å². The number of benzene rings is 2. The lowest BCUT2D eigenvalue weighted by atomic mass is 10.1. The van der Waals surface area contributed by atoms with E-state index in [1.165, 1.54) is 5.56 Å². The SMILES string of the molecule is CC(N)CCc1ccc(OCc2ccc(Br)cc2Cl)cc1. The van der Waals surface area contributed by atoms with E-state index in [1.807, 2.05) is 37.3 Å². The third kappa shape index (κ3) is 5.34. The van der Waals surface area contributed by atoms with Gasteiger partial charge < -0.3 is 10.5 Å². The lowest BCUT2D eigenvalue weighted by Gasteiger charge is -2.09. The van der Waals surface area contributed by atoms with Crippen LogP contribution in [0.4, 0.5) is 0 Å². The highest BCUT2D eigenvalue weighted by Gasteiger charge is 2.03. The minimum absolute atomic E-state index is 0.237. The third-order valence-electron chi connectivity index (χ3n) is 3.22. The summed E-state index contributed by atoms with van der Waals surface area (Å²) in [6, 6.07) is 14.2. The van der Waals surface area contributed by atoms with Crippen molar-refractivity contribution >= 4 is 27.5 Å². The fraction of sp³-hybridized carbons (Fsp3) is 0.294. The molecule has 112 valence electrons. The Kier molecular flexibility index (Phi) is 6.09. The summed E-state index contributed by atoms with van der Waals surface area (Å²) in [4.78, 5) is 0. The van der Waals surface area contributed by atoms with Gasteiger partial charge in [0.1, 0.15) is 12.4 Å². The molecule has 0 bridgehead atoms. The molecule has 1 unspecified atom stereocenters. The van der Waals surface area contributed by atoms with Gasteiger partial charge in [0.25, 0.3) is 0 Å². The predicted octanol–water partition coefficient (Wildman–Crippen LogP) is 4.96. The maximum atomic E-state index is 6.17. The molecule has 0 heterocycles. The van der Waals surface area contributed by atoms with E-state index in [0.29, 0.717) is 11.6 Å². The Morgan fingerprint density at radius 3 is 2.52 bits per heavy atom. The van der Waals surface area contributed by atoms with Crippen LogP contribution in [0, 0.1) is 0 Å². The number of aryl methyl sites for hydroxylation is 1. The fourth-order valence-corrected chi connectivity index (χ4v) is 2.67. The maximum Gasteiger partial charge on any atom is 0.119 e. The van der Waals surface area contributed by atoms with Gasteiger partial charge in [-0.15, -0.1) is 0 Å². The van der Waals surface area contributed by atoms with E-state index in [2.05, 4.69) is 28.1 Å². The molecule has 0 saturated carbocycles. The van der Waals surface area contributed by atoms with Crippen LogP contribution in [0.15, 0.2) is 46.9 Å². The first-order valence-corrected chi connectivity index (χ1v) is 8.13. The first-order chi connectivity index (χ1) is 10.0. The minimum Gasteiger partial charge on any atom is -0.489 e. The molecular formula is C17H19BrClNO. The molecule has 21 heavy (non-hydrogen) atoms. The average Bonchev–Trinajstić information content (AvgIpc) is 2.45. The van der Waals surface area contributed by atoms with Crippen molar-refractivity contribution < 1.29 is 4.74 Å². The minimum atomic E-state index is 0.237. The molecule has 2 aromatic carbocycles. The largest absolute Gasteiger partial charge is 0.489 e. The Morgan fingerprint density at radius 2 is 1.90 bits per heavy atom. The molecule has 2 nitrogen and oxygen atoms in total. The summed E-state index contributed by atoms with van der Waals surface area (Å²) in [5.41, 5.74) is 8.02. The molecule has 0 aliphatic rings. The fourth-order valence-electron chi connectivity index (χ4n) is 1.95. The van der Waals surface area contributed by atoms with Gasteiger partial charge in [-0.25, -0.2) is 0 Å².